The number of hydrogen-bond donors (Lipinski definition) is 1. The van der Waals surface area contributed by atoms with Crippen molar-refractivity contribution in [2.45, 2.75) is 110 Å². The van der Waals surface area contributed by atoms with Crippen LogP contribution >= 0.6 is 0 Å². The SMILES string of the molecule is Cc1ncc([C@@H](CCCCCCc2nc3c(cc2C(C)(C)C)CCCC3)CC(=O)O)cn1. The number of aliphatic carboxylic acids is 1. The van der Waals surface area contributed by atoms with Gasteiger partial charge in [0.15, 0.2) is 0 Å². The van der Waals surface area contributed by atoms with Crippen LogP contribution in [-0.4, -0.2) is 26.0 Å². The van der Waals surface area contributed by atoms with Gasteiger partial charge in [0.1, 0.15) is 5.82 Å². The number of aryl methyl sites for hydroxylation is 4. The lowest BCUT2D eigenvalue weighted by molar-refractivity contribution is -0.137. The molecule has 1 aliphatic rings. The van der Waals surface area contributed by atoms with E-state index in [1.54, 1.807) is 12.4 Å². The number of hydrogen-bond acceptors (Lipinski definition) is 4. The van der Waals surface area contributed by atoms with Gasteiger partial charge in [0.05, 0.1) is 6.42 Å². The summed E-state index contributed by atoms with van der Waals surface area (Å²) in [6.07, 6.45) is 14.9. The molecule has 0 aromatic carbocycles. The van der Waals surface area contributed by atoms with Gasteiger partial charge < -0.3 is 5.11 Å². The summed E-state index contributed by atoms with van der Waals surface area (Å²) in [5, 5.41) is 9.29. The maximum absolute atomic E-state index is 11.3. The Hall–Kier alpha value is -2.30. The first kappa shape index (κ1) is 24.3. The van der Waals surface area contributed by atoms with Crippen molar-refractivity contribution in [3.05, 3.63) is 52.4 Å². The Morgan fingerprint density at radius 1 is 1.06 bits per heavy atom. The topological polar surface area (TPSA) is 76.0 Å². The van der Waals surface area contributed by atoms with Gasteiger partial charge in [-0.05, 0) is 79.9 Å². The number of pyridine rings is 1. The van der Waals surface area contributed by atoms with E-state index in [1.807, 2.05) is 6.92 Å². The predicted molar refractivity (Wildman–Crippen MR) is 128 cm³/mol. The fourth-order valence-electron chi connectivity index (χ4n) is 4.76. The van der Waals surface area contributed by atoms with Gasteiger partial charge in [0, 0.05) is 23.8 Å². The number of nitrogens with zero attached hydrogens (tertiary/aromatic N) is 3. The van der Waals surface area contributed by atoms with Crippen molar-refractivity contribution in [3.8, 4) is 0 Å². The molecule has 2 heterocycles. The van der Waals surface area contributed by atoms with Crippen LogP contribution in [0.25, 0.3) is 0 Å². The van der Waals surface area contributed by atoms with Crippen molar-refractivity contribution in [2.24, 2.45) is 0 Å². The average molecular weight is 438 g/mol. The number of rotatable bonds is 10. The highest BCUT2D eigenvalue weighted by Crippen LogP contribution is 2.31. The molecule has 2 aromatic heterocycles. The van der Waals surface area contributed by atoms with Crippen LogP contribution in [0.3, 0.4) is 0 Å². The van der Waals surface area contributed by atoms with Crippen molar-refractivity contribution >= 4 is 5.97 Å². The van der Waals surface area contributed by atoms with Gasteiger partial charge in [-0.2, -0.15) is 0 Å². The summed E-state index contributed by atoms with van der Waals surface area (Å²) in [6, 6.07) is 2.44. The predicted octanol–water partition coefficient (Wildman–Crippen LogP) is 6.11. The van der Waals surface area contributed by atoms with Crippen LogP contribution in [0.5, 0.6) is 0 Å². The Bertz CT molecular complexity index is 900. The quantitative estimate of drug-likeness (QED) is 0.454. The minimum Gasteiger partial charge on any atom is -0.481 e. The Labute approximate surface area is 193 Å². The van der Waals surface area contributed by atoms with Gasteiger partial charge in [-0.1, -0.05) is 46.1 Å². The summed E-state index contributed by atoms with van der Waals surface area (Å²) in [6.45, 7) is 8.72. The van der Waals surface area contributed by atoms with E-state index in [0.717, 1.165) is 50.5 Å². The molecule has 0 saturated carbocycles. The van der Waals surface area contributed by atoms with Crippen LogP contribution in [0.4, 0.5) is 0 Å². The van der Waals surface area contributed by atoms with Crippen molar-refractivity contribution in [1.82, 2.24) is 15.0 Å². The van der Waals surface area contributed by atoms with E-state index in [2.05, 4.69) is 36.8 Å². The van der Waals surface area contributed by atoms with E-state index < -0.39 is 5.97 Å². The molecule has 0 amide bonds. The molecule has 1 aliphatic carbocycles. The molecule has 1 atom stereocenters. The molecule has 2 aromatic rings. The second-order valence-corrected chi connectivity index (χ2v) is 10.4. The van der Waals surface area contributed by atoms with Crippen LogP contribution in [0.1, 0.15) is 112 Å². The Morgan fingerprint density at radius 2 is 1.75 bits per heavy atom. The van der Waals surface area contributed by atoms with Gasteiger partial charge in [-0.15, -0.1) is 0 Å². The molecular formula is C27H39N3O2. The lowest BCUT2D eigenvalue weighted by Gasteiger charge is -2.26. The van der Waals surface area contributed by atoms with Gasteiger partial charge >= 0.3 is 5.97 Å². The number of unbranched alkanes of at least 4 members (excludes halogenated alkanes) is 3. The monoisotopic (exact) mass is 437 g/mol. The Kier molecular flexibility index (Phi) is 8.38. The van der Waals surface area contributed by atoms with Crippen molar-refractivity contribution < 1.29 is 9.90 Å². The van der Waals surface area contributed by atoms with Crippen LogP contribution in [0.15, 0.2) is 18.5 Å². The van der Waals surface area contributed by atoms with E-state index >= 15 is 0 Å². The highest BCUT2D eigenvalue weighted by Gasteiger charge is 2.22. The van der Waals surface area contributed by atoms with Crippen LogP contribution in [-0.2, 0) is 29.5 Å². The Balaban J connectivity index is 1.52. The highest BCUT2D eigenvalue weighted by molar-refractivity contribution is 5.68. The second-order valence-electron chi connectivity index (χ2n) is 10.4. The van der Waals surface area contributed by atoms with E-state index in [0.29, 0.717) is 5.82 Å². The number of carbonyl (C=O) groups is 1. The van der Waals surface area contributed by atoms with Gasteiger partial charge in [-0.25, -0.2) is 9.97 Å². The minimum atomic E-state index is -0.760. The molecule has 1 N–H and O–H groups in total. The standard InChI is InChI=1S/C27H39N3O2/c1-19-28-17-22(18-29-19)20(16-26(31)32)11-7-5-6-8-14-25-23(27(2,3)4)15-21-12-9-10-13-24(21)30-25/h15,17-18,20H,5-14,16H2,1-4H3,(H,31,32)/t20-/m0/s1. The number of carboxylic acid groups (broad SMARTS) is 1. The summed E-state index contributed by atoms with van der Waals surface area (Å²) in [5.74, 6) is -0.0556. The van der Waals surface area contributed by atoms with Gasteiger partial charge in [0.2, 0.25) is 0 Å². The molecule has 5 heteroatoms. The summed E-state index contributed by atoms with van der Waals surface area (Å²) in [5.41, 5.74) is 6.56. The fourth-order valence-corrected chi connectivity index (χ4v) is 4.76. The average Bonchev–Trinajstić information content (AvgIpc) is 2.74. The molecule has 5 nitrogen and oxygen atoms in total. The zero-order valence-corrected chi connectivity index (χ0v) is 20.3. The van der Waals surface area contributed by atoms with Crippen molar-refractivity contribution in [2.75, 3.05) is 0 Å². The molecule has 32 heavy (non-hydrogen) atoms. The number of aromatic nitrogens is 3. The van der Waals surface area contributed by atoms with Crippen LogP contribution < -0.4 is 0 Å². The number of fused-ring (bicyclic) bond motifs is 1. The van der Waals surface area contributed by atoms with Crippen LogP contribution in [0.2, 0.25) is 0 Å². The lowest BCUT2D eigenvalue weighted by Crippen LogP contribution is -2.19. The summed E-state index contributed by atoms with van der Waals surface area (Å²) < 4.78 is 0. The zero-order valence-electron chi connectivity index (χ0n) is 20.3. The van der Waals surface area contributed by atoms with Gasteiger partial charge in [-0.3, -0.25) is 9.78 Å². The largest absolute Gasteiger partial charge is 0.481 e. The zero-order chi connectivity index (χ0) is 23.1. The molecule has 0 spiro atoms. The lowest BCUT2D eigenvalue weighted by atomic mass is 9.82. The second kappa shape index (κ2) is 11.0. The van der Waals surface area contributed by atoms with Crippen molar-refractivity contribution in [3.63, 3.8) is 0 Å². The molecular weight excluding hydrogens is 398 g/mol. The summed E-state index contributed by atoms with van der Waals surface area (Å²) >= 11 is 0. The van der Waals surface area contributed by atoms with Gasteiger partial charge in [0.25, 0.3) is 0 Å². The van der Waals surface area contributed by atoms with Crippen LogP contribution in [0, 0.1) is 6.92 Å². The molecule has 0 saturated heterocycles. The molecule has 0 unspecified atom stereocenters. The summed E-state index contributed by atoms with van der Waals surface area (Å²) in [4.78, 5) is 24.9. The smallest absolute Gasteiger partial charge is 0.303 e. The minimum absolute atomic E-state index is 0.0112. The maximum Gasteiger partial charge on any atom is 0.303 e. The van der Waals surface area contributed by atoms with E-state index in [9.17, 15) is 9.90 Å². The first-order chi connectivity index (χ1) is 15.2. The highest BCUT2D eigenvalue weighted by atomic mass is 16.4. The van der Waals surface area contributed by atoms with E-state index in [-0.39, 0.29) is 17.8 Å². The fraction of sp³-hybridized carbons (Fsp3) is 0.630. The molecule has 174 valence electrons. The Morgan fingerprint density at radius 3 is 2.44 bits per heavy atom. The first-order valence-corrected chi connectivity index (χ1v) is 12.3. The maximum atomic E-state index is 11.3. The first-order valence-electron chi connectivity index (χ1n) is 12.3. The molecule has 0 bridgehead atoms. The normalized spacial score (nSPS) is 14.8. The van der Waals surface area contributed by atoms with E-state index in [4.69, 9.17) is 4.98 Å². The summed E-state index contributed by atoms with van der Waals surface area (Å²) in [7, 11) is 0. The third-order valence-corrected chi connectivity index (χ3v) is 6.60. The third-order valence-electron chi connectivity index (χ3n) is 6.60. The molecule has 0 fully saturated rings. The number of carboxylic acids is 1. The molecule has 3 rings (SSSR count). The van der Waals surface area contributed by atoms with Crippen molar-refractivity contribution in [1.29, 1.82) is 0 Å². The molecule has 0 radical (unpaired) electrons. The third kappa shape index (κ3) is 6.85. The molecule has 0 aliphatic heterocycles. The van der Waals surface area contributed by atoms with E-state index in [1.165, 1.54) is 41.8 Å².